The summed E-state index contributed by atoms with van der Waals surface area (Å²) in [5, 5.41) is 14.4. The molecule has 0 saturated heterocycles. The smallest absolute Gasteiger partial charge is 0.319 e. The molecule has 2 amide bonds. The van der Waals surface area contributed by atoms with Crippen molar-refractivity contribution in [3.63, 3.8) is 0 Å². The van der Waals surface area contributed by atoms with Gasteiger partial charge in [0.15, 0.2) is 0 Å². The summed E-state index contributed by atoms with van der Waals surface area (Å²) in [7, 11) is 0. The number of carboxylic acid groups (broad SMARTS) is 1. The number of carbonyl (C=O) groups is 2. The van der Waals surface area contributed by atoms with Gasteiger partial charge in [-0.15, -0.1) is 0 Å². The third-order valence-electron chi connectivity index (χ3n) is 2.46. The van der Waals surface area contributed by atoms with Crippen LogP contribution in [0.1, 0.15) is 13.3 Å². The van der Waals surface area contributed by atoms with E-state index in [2.05, 4.69) is 26.6 Å². The third-order valence-corrected chi connectivity index (χ3v) is 3.39. The molecule has 0 bridgehead atoms. The maximum atomic E-state index is 11.6. The van der Waals surface area contributed by atoms with E-state index in [0.29, 0.717) is 21.6 Å². The molecular weight excluding hydrogens is 336 g/mol. The van der Waals surface area contributed by atoms with Crippen LogP contribution in [0.5, 0.6) is 0 Å². The largest absolute Gasteiger partial charge is 0.481 e. The number of benzene rings is 1. The first-order valence-electron chi connectivity index (χ1n) is 5.63. The Kier molecular flexibility index (Phi) is 6.11. The van der Waals surface area contributed by atoms with Crippen molar-refractivity contribution >= 4 is 45.2 Å². The lowest BCUT2D eigenvalue weighted by atomic mass is 10.1. The second-order valence-electron chi connectivity index (χ2n) is 4.03. The number of urea groups is 1. The molecule has 0 spiro atoms. The summed E-state index contributed by atoms with van der Waals surface area (Å²) >= 11 is 9.11. The quantitative estimate of drug-likeness (QED) is 0.763. The summed E-state index contributed by atoms with van der Waals surface area (Å²) in [6.45, 7) is 1.88. The van der Waals surface area contributed by atoms with Crippen molar-refractivity contribution in [1.82, 2.24) is 5.32 Å². The lowest BCUT2D eigenvalue weighted by Gasteiger charge is -2.10. The van der Waals surface area contributed by atoms with Crippen LogP contribution in [0.15, 0.2) is 22.7 Å². The molecular formula is C12H14BrClN2O3. The van der Waals surface area contributed by atoms with Crippen molar-refractivity contribution in [3.8, 4) is 0 Å². The number of hydrogen-bond acceptors (Lipinski definition) is 2. The first-order chi connectivity index (χ1) is 8.90. The number of rotatable bonds is 5. The van der Waals surface area contributed by atoms with E-state index >= 15 is 0 Å². The van der Waals surface area contributed by atoms with E-state index in [-0.39, 0.29) is 6.54 Å². The van der Waals surface area contributed by atoms with Gasteiger partial charge in [0, 0.05) is 16.0 Å². The van der Waals surface area contributed by atoms with Crippen molar-refractivity contribution in [2.24, 2.45) is 5.92 Å². The minimum atomic E-state index is -0.875. The standard InChI is InChI=1S/C12H14BrClN2O3/c1-7(11(17)18)4-5-15-12(19)16-10-6-8(14)2-3-9(10)13/h2-3,6-7H,4-5H2,1H3,(H,17,18)(H2,15,16,19). The fourth-order valence-electron chi connectivity index (χ4n) is 1.29. The van der Waals surface area contributed by atoms with E-state index in [0.717, 1.165) is 0 Å². The molecule has 1 unspecified atom stereocenters. The summed E-state index contributed by atoms with van der Waals surface area (Å²) in [5.41, 5.74) is 0.552. The molecule has 1 atom stereocenters. The highest BCUT2D eigenvalue weighted by Crippen LogP contribution is 2.25. The lowest BCUT2D eigenvalue weighted by molar-refractivity contribution is -0.141. The predicted octanol–water partition coefficient (Wildman–Crippen LogP) is 3.33. The van der Waals surface area contributed by atoms with Gasteiger partial charge >= 0.3 is 12.0 Å². The van der Waals surface area contributed by atoms with Crippen molar-refractivity contribution in [2.45, 2.75) is 13.3 Å². The highest BCUT2D eigenvalue weighted by molar-refractivity contribution is 9.10. The maximum absolute atomic E-state index is 11.6. The Bertz CT molecular complexity index is 482. The van der Waals surface area contributed by atoms with Crippen LogP contribution in [0, 0.1) is 5.92 Å². The van der Waals surface area contributed by atoms with Gasteiger partial charge in [-0.3, -0.25) is 4.79 Å². The molecule has 0 aliphatic heterocycles. The average Bonchev–Trinajstić information content (AvgIpc) is 2.33. The van der Waals surface area contributed by atoms with Crippen molar-refractivity contribution in [1.29, 1.82) is 0 Å². The minimum Gasteiger partial charge on any atom is -0.481 e. The number of carboxylic acids is 1. The van der Waals surface area contributed by atoms with Crippen LogP contribution >= 0.6 is 27.5 Å². The minimum absolute atomic E-state index is 0.289. The molecule has 1 rings (SSSR count). The summed E-state index contributed by atoms with van der Waals surface area (Å²) in [4.78, 5) is 22.2. The number of hydrogen-bond donors (Lipinski definition) is 3. The molecule has 0 aliphatic rings. The van der Waals surface area contributed by atoms with E-state index < -0.39 is 17.9 Å². The highest BCUT2D eigenvalue weighted by Gasteiger charge is 2.11. The Morgan fingerprint density at radius 3 is 2.79 bits per heavy atom. The van der Waals surface area contributed by atoms with Gasteiger partial charge in [0.25, 0.3) is 0 Å². The fourth-order valence-corrected chi connectivity index (χ4v) is 1.80. The number of carbonyl (C=O) groups excluding carboxylic acids is 1. The lowest BCUT2D eigenvalue weighted by Crippen LogP contribution is -2.31. The molecule has 0 aliphatic carbocycles. The zero-order valence-corrected chi connectivity index (χ0v) is 12.6. The van der Waals surface area contributed by atoms with Crippen LogP contribution in [0.4, 0.5) is 10.5 Å². The molecule has 0 heterocycles. The SMILES string of the molecule is CC(CCNC(=O)Nc1cc(Cl)ccc1Br)C(=O)O. The molecule has 0 saturated carbocycles. The van der Waals surface area contributed by atoms with E-state index in [1.165, 1.54) is 0 Å². The molecule has 19 heavy (non-hydrogen) atoms. The summed E-state index contributed by atoms with van der Waals surface area (Å²) in [6.07, 6.45) is 0.374. The van der Waals surface area contributed by atoms with Crippen LogP contribution in [-0.2, 0) is 4.79 Å². The number of halogens is 2. The second-order valence-corrected chi connectivity index (χ2v) is 5.32. The van der Waals surface area contributed by atoms with Crippen LogP contribution in [-0.4, -0.2) is 23.7 Å². The first kappa shape index (κ1) is 15.8. The van der Waals surface area contributed by atoms with Gasteiger partial charge < -0.3 is 15.7 Å². The Hall–Kier alpha value is -1.27. The van der Waals surface area contributed by atoms with Crippen LogP contribution in [0.25, 0.3) is 0 Å². The normalized spacial score (nSPS) is 11.7. The molecule has 104 valence electrons. The average molecular weight is 350 g/mol. The van der Waals surface area contributed by atoms with E-state index in [4.69, 9.17) is 16.7 Å². The molecule has 5 nitrogen and oxygen atoms in total. The second kappa shape index (κ2) is 7.35. The van der Waals surface area contributed by atoms with Gasteiger partial charge in [-0.1, -0.05) is 18.5 Å². The summed E-state index contributed by atoms with van der Waals surface area (Å²) < 4.78 is 0.714. The van der Waals surface area contributed by atoms with Crippen molar-refractivity contribution < 1.29 is 14.7 Å². The Balaban J connectivity index is 2.43. The number of amides is 2. The number of nitrogens with one attached hydrogen (secondary N) is 2. The highest BCUT2D eigenvalue weighted by atomic mass is 79.9. The Labute approximate surface area is 124 Å². The van der Waals surface area contributed by atoms with Gasteiger partial charge in [0.2, 0.25) is 0 Å². The van der Waals surface area contributed by atoms with Crippen molar-refractivity contribution in [2.75, 3.05) is 11.9 Å². The topological polar surface area (TPSA) is 78.4 Å². The predicted molar refractivity (Wildman–Crippen MR) is 77.6 cm³/mol. The molecule has 1 aromatic carbocycles. The van der Waals surface area contributed by atoms with E-state index in [1.807, 2.05) is 0 Å². The molecule has 3 N–H and O–H groups in total. The maximum Gasteiger partial charge on any atom is 0.319 e. The number of anilines is 1. The molecule has 0 fully saturated rings. The molecule has 7 heteroatoms. The number of aliphatic carboxylic acids is 1. The Morgan fingerprint density at radius 2 is 2.16 bits per heavy atom. The van der Waals surface area contributed by atoms with Crippen LogP contribution < -0.4 is 10.6 Å². The Morgan fingerprint density at radius 1 is 1.47 bits per heavy atom. The first-order valence-corrected chi connectivity index (χ1v) is 6.80. The van der Waals surface area contributed by atoms with Gasteiger partial charge in [0.05, 0.1) is 11.6 Å². The van der Waals surface area contributed by atoms with E-state index in [1.54, 1.807) is 25.1 Å². The molecule has 0 radical (unpaired) electrons. The van der Waals surface area contributed by atoms with Gasteiger partial charge in [0.1, 0.15) is 0 Å². The van der Waals surface area contributed by atoms with Crippen LogP contribution in [0.3, 0.4) is 0 Å². The fraction of sp³-hybridized carbons (Fsp3) is 0.333. The molecule has 0 aromatic heterocycles. The summed E-state index contributed by atoms with van der Waals surface area (Å²) in [6, 6.07) is 4.64. The monoisotopic (exact) mass is 348 g/mol. The van der Waals surface area contributed by atoms with Gasteiger partial charge in [-0.2, -0.15) is 0 Å². The zero-order chi connectivity index (χ0) is 14.4. The van der Waals surface area contributed by atoms with Gasteiger partial charge in [-0.05, 0) is 40.5 Å². The third kappa shape index (κ3) is 5.48. The van der Waals surface area contributed by atoms with E-state index in [9.17, 15) is 9.59 Å². The summed E-state index contributed by atoms with van der Waals surface area (Å²) in [5.74, 6) is -1.36. The van der Waals surface area contributed by atoms with Crippen molar-refractivity contribution in [3.05, 3.63) is 27.7 Å². The van der Waals surface area contributed by atoms with Crippen LogP contribution in [0.2, 0.25) is 5.02 Å². The van der Waals surface area contributed by atoms with Gasteiger partial charge in [-0.25, -0.2) is 4.79 Å². The zero-order valence-electron chi connectivity index (χ0n) is 10.2. The molecule has 1 aromatic rings.